The Hall–Kier alpha value is -3.68. The van der Waals surface area contributed by atoms with E-state index in [9.17, 15) is 9.59 Å². The van der Waals surface area contributed by atoms with E-state index in [0.29, 0.717) is 37.4 Å². The van der Waals surface area contributed by atoms with Gasteiger partial charge in [0.05, 0.1) is 33.0 Å². The van der Waals surface area contributed by atoms with E-state index in [1.54, 1.807) is 25.5 Å². The Morgan fingerprint density at radius 2 is 1.62 bits per heavy atom. The zero-order chi connectivity index (χ0) is 29.1. The van der Waals surface area contributed by atoms with Crippen molar-refractivity contribution in [2.24, 2.45) is 0 Å². The highest BCUT2D eigenvalue weighted by Gasteiger charge is 2.29. The quantitative estimate of drug-likeness (QED) is 0.122. The number of carbonyl (C=O) groups excluding carboxylic acids is 2. The van der Waals surface area contributed by atoms with E-state index >= 15 is 0 Å². The van der Waals surface area contributed by atoms with Gasteiger partial charge in [-0.15, -0.1) is 0 Å². The van der Waals surface area contributed by atoms with Crippen LogP contribution >= 0.6 is 0 Å². The van der Waals surface area contributed by atoms with E-state index in [4.69, 9.17) is 23.7 Å². The first-order chi connectivity index (χ1) is 19.3. The molecular formula is C32H43NO7. The van der Waals surface area contributed by atoms with Crippen LogP contribution in [0.1, 0.15) is 66.6 Å². The third-order valence-corrected chi connectivity index (χ3v) is 6.71. The van der Waals surface area contributed by atoms with Crippen LogP contribution in [-0.2, 0) is 28.8 Å². The highest BCUT2D eigenvalue weighted by Crippen LogP contribution is 2.38. The molecule has 0 spiro atoms. The summed E-state index contributed by atoms with van der Waals surface area (Å²) in [6.07, 6.45) is 8.05. The summed E-state index contributed by atoms with van der Waals surface area (Å²) in [7, 11) is 6.71. The normalized spacial score (nSPS) is 14.3. The van der Waals surface area contributed by atoms with Gasteiger partial charge in [-0.1, -0.05) is 32.8 Å². The van der Waals surface area contributed by atoms with Crippen molar-refractivity contribution < 1.29 is 33.3 Å². The summed E-state index contributed by atoms with van der Waals surface area (Å²) in [5.41, 5.74) is 3.50. The molecule has 0 saturated heterocycles. The molecule has 3 rings (SSSR count). The van der Waals surface area contributed by atoms with Gasteiger partial charge in [0.25, 0.3) is 0 Å². The average molecular weight is 554 g/mol. The Morgan fingerprint density at radius 3 is 2.25 bits per heavy atom. The molecule has 0 radical (unpaired) electrons. The number of fused-ring (bicyclic) bond motifs is 1. The predicted octanol–water partition coefficient (Wildman–Crippen LogP) is 5.57. The predicted molar refractivity (Wildman–Crippen MR) is 155 cm³/mol. The molecular weight excluding hydrogens is 510 g/mol. The number of ketones is 1. The Labute approximate surface area is 238 Å². The molecule has 0 N–H and O–H groups in total. The lowest BCUT2D eigenvalue weighted by atomic mass is 9.96. The van der Waals surface area contributed by atoms with Crippen molar-refractivity contribution in [1.29, 1.82) is 0 Å². The molecule has 1 atom stereocenters. The molecule has 1 aliphatic rings. The molecule has 0 fully saturated rings. The lowest BCUT2D eigenvalue weighted by molar-refractivity contribution is -0.149. The van der Waals surface area contributed by atoms with Crippen LogP contribution in [0.4, 0.5) is 0 Å². The van der Waals surface area contributed by atoms with Crippen LogP contribution in [0.25, 0.3) is 0 Å². The third kappa shape index (κ3) is 7.71. The van der Waals surface area contributed by atoms with Crippen molar-refractivity contribution in [1.82, 2.24) is 4.90 Å². The average Bonchev–Trinajstić information content (AvgIpc) is 2.96. The second-order valence-electron chi connectivity index (χ2n) is 10.0. The van der Waals surface area contributed by atoms with Crippen LogP contribution in [-0.4, -0.2) is 64.3 Å². The smallest absolute Gasteiger partial charge is 0.347 e. The van der Waals surface area contributed by atoms with Crippen molar-refractivity contribution in [3.63, 3.8) is 0 Å². The van der Waals surface area contributed by atoms with Crippen LogP contribution in [0.5, 0.6) is 23.0 Å². The van der Waals surface area contributed by atoms with Gasteiger partial charge < -0.3 is 28.6 Å². The van der Waals surface area contributed by atoms with Gasteiger partial charge in [0.1, 0.15) is 23.0 Å². The Bertz CT molecular complexity index is 1190. The van der Waals surface area contributed by atoms with E-state index in [1.165, 1.54) is 7.11 Å². The van der Waals surface area contributed by atoms with E-state index in [1.807, 2.05) is 37.2 Å². The number of rotatable bonds is 15. The maximum absolute atomic E-state index is 12.8. The van der Waals surface area contributed by atoms with E-state index in [-0.39, 0.29) is 11.8 Å². The van der Waals surface area contributed by atoms with Crippen LogP contribution in [0.2, 0.25) is 0 Å². The van der Waals surface area contributed by atoms with Gasteiger partial charge in [-0.2, -0.15) is 0 Å². The molecule has 8 heteroatoms. The van der Waals surface area contributed by atoms with Crippen molar-refractivity contribution in [3.8, 4) is 23.0 Å². The summed E-state index contributed by atoms with van der Waals surface area (Å²) in [6, 6.07) is 7.63. The first kappa shape index (κ1) is 30.9. The highest BCUT2D eigenvalue weighted by atomic mass is 16.6. The zero-order valence-electron chi connectivity index (χ0n) is 24.7. The summed E-state index contributed by atoms with van der Waals surface area (Å²) in [6.45, 7) is 5.10. The van der Waals surface area contributed by atoms with Gasteiger partial charge in [0, 0.05) is 43.9 Å². The molecule has 0 bridgehead atoms. The van der Waals surface area contributed by atoms with Gasteiger partial charge in [0.15, 0.2) is 11.9 Å². The molecule has 218 valence electrons. The van der Waals surface area contributed by atoms with Gasteiger partial charge >= 0.3 is 5.97 Å². The SMILES string of the molecule is CCCc1c(OCCCOc2ccc(C(=O)/C=C/N(C)C)c(OC)c2CCC)ccc2c1OC(C(=O)OC)CC2. The van der Waals surface area contributed by atoms with E-state index in [2.05, 4.69) is 13.8 Å². The minimum Gasteiger partial charge on any atom is -0.496 e. The lowest BCUT2D eigenvalue weighted by Crippen LogP contribution is -2.32. The van der Waals surface area contributed by atoms with Gasteiger partial charge in [-0.05, 0) is 49.4 Å². The molecule has 8 nitrogen and oxygen atoms in total. The molecule has 1 heterocycles. The minimum absolute atomic E-state index is 0.113. The maximum Gasteiger partial charge on any atom is 0.347 e. The van der Waals surface area contributed by atoms with Crippen LogP contribution in [0.15, 0.2) is 36.5 Å². The zero-order valence-corrected chi connectivity index (χ0v) is 24.7. The standard InChI is InChI=1S/C32H43NO7/c1-7-10-24-27(15-12-22-13-16-29(32(35)37-6)40-30(22)24)38-20-9-21-39-28-17-14-23(26(34)18-19-33(3)4)31(36-5)25(28)11-8-2/h12,14-15,17-19,29H,7-11,13,16,20-21H2,1-6H3/b19-18+. The second kappa shape index (κ2) is 15.2. The summed E-state index contributed by atoms with van der Waals surface area (Å²) in [5, 5.41) is 0. The van der Waals surface area contributed by atoms with Crippen LogP contribution in [0.3, 0.4) is 0 Å². The number of methoxy groups -OCH3 is 2. The summed E-state index contributed by atoms with van der Waals surface area (Å²) >= 11 is 0. The summed E-state index contributed by atoms with van der Waals surface area (Å²) < 4.78 is 29.0. The van der Waals surface area contributed by atoms with E-state index < -0.39 is 6.10 Å². The first-order valence-electron chi connectivity index (χ1n) is 14.1. The number of hydrogen-bond donors (Lipinski definition) is 0. The number of aryl methyl sites for hydroxylation is 1. The maximum atomic E-state index is 12.8. The Morgan fingerprint density at radius 1 is 0.975 bits per heavy atom. The molecule has 40 heavy (non-hydrogen) atoms. The second-order valence-corrected chi connectivity index (χ2v) is 10.0. The van der Waals surface area contributed by atoms with E-state index in [0.717, 1.165) is 66.0 Å². The van der Waals surface area contributed by atoms with Crippen LogP contribution in [0, 0.1) is 0 Å². The topological polar surface area (TPSA) is 83.5 Å². The molecule has 0 saturated carbocycles. The number of nitrogens with zero attached hydrogens (tertiary/aromatic N) is 1. The third-order valence-electron chi connectivity index (χ3n) is 6.71. The fraction of sp³-hybridized carbons (Fsp3) is 0.500. The number of allylic oxidation sites excluding steroid dienone is 1. The molecule has 1 unspecified atom stereocenters. The van der Waals surface area contributed by atoms with Crippen molar-refractivity contribution in [2.75, 3.05) is 41.5 Å². The van der Waals surface area contributed by atoms with Gasteiger partial charge in [0.2, 0.25) is 0 Å². The minimum atomic E-state index is -0.586. The van der Waals surface area contributed by atoms with Crippen molar-refractivity contribution >= 4 is 11.8 Å². The number of benzene rings is 2. The van der Waals surface area contributed by atoms with Crippen molar-refractivity contribution in [3.05, 3.63) is 58.8 Å². The fourth-order valence-corrected chi connectivity index (χ4v) is 4.80. The van der Waals surface area contributed by atoms with Crippen molar-refractivity contribution in [2.45, 2.75) is 64.9 Å². The van der Waals surface area contributed by atoms with Crippen LogP contribution < -0.4 is 18.9 Å². The summed E-state index contributed by atoms with van der Waals surface area (Å²) in [4.78, 5) is 26.7. The molecule has 2 aromatic carbocycles. The number of esters is 1. The number of carbonyl (C=O) groups is 2. The Balaban J connectivity index is 1.67. The largest absolute Gasteiger partial charge is 0.496 e. The molecule has 0 amide bonds. The molecule has 1 aliphatic heterocycles. The first-order valence-corrected chi connectivity index (χ1v) is 14.1. The van der Waals surface area contributed by atoms with Gasteiger partial charge in [-0.25, -0.2) is 4.79 Å². The van der Waals surface area contributed by atoms with Gasteiger partial charge in [-0.3, -0.25) is 4.79 Å². The molecule has 0 aliphatic carbocycles. The monoisotopic (exact) mass is 553 g/mol. The molecule has 0 aromatic heterocycles. The summed E-state index contributed by atoms with van der Waals surface area (Å²) in [5.74, 6) is 2.34. The molecule has 2 aromatic rings. The lowest BCUT2D eigenvalue weighted by Gasteiger charge is -2.27. The highest BCUT2D eigenvalue weighted by molar-refractivity contribution is 6.07. The number of hydrogen-bond acceptors (Lipinski definition) is 8. The Kier molecular flexibility index (Phi) is 11.7. The number of ether oxygens (including phenoxy) is 5. The fourth-order valence-electron chi connectivity index (χ4n) is 4.80.